The Morgan fingerprint density at radius 2 is 2.25 bits per heavy atom. The Bertz CT molecular complexity index is 223. The molecule has 0 saturated carbocycles. The molecule has 0 spiro atoms. The van der Waals surface area contributed by atoms with Crippen LogP contribution < -0.4 is 0 Å². The first kappa shape index (κ1) is 13.3. The summed E-state index contributed by atoms with van der Waals surface area (Å²) in [4.78, 5) is 5.31. The molecule has 4 heteroatoms. The smallest absolute Gasteiger partial charge is 0.0270 e. The number of rotatable bonds is 6. The van der Waals surface area contributed by atoms with Crippen LogP contribution in [0.15, 0.2) is 5.11 Å². The zero-order valence-corrected chi connectivity index (χ0v) is 10.4. The van der Waals surface area contributed by atoms with E-state index >= 15 is 0 Å². The summed E-state index contributed by atoms with van der Waals surface area (Å²) in [6.07, 6.45) is 7.82. The lowest BCUT2D eigenvalue weighted by Crippen LogP contribution is -2.26. The number of azide groups is 1. The van der Waals surface area contributed by atoms with Crippen molar-refractivity contribution >= 4 is 0 Å². The van der Waals surface area contributed by atoms with Gasteiger partial charge in [0.1, 0.15) is 0 Å². The molecule has 0 amide bonds. The van der Waals surface area contributed by atoms with Gasteiger partial charge in [-0.3, -0.25) is 0 Å². The van der Waals surface area contributed by atoms with Crippen molar-refractivity contribution < 1.29 is 0 Å². The van der Waals surface area contributed by atoms with Crippen molar-refractivity contribution in [1.29, 1.82) is 0 Å². The van der Waals surface area contributed by atoms with Crippen molar-refractivity contribution in [3.8, 4) is 0 Å². The van der Waals surface area contributed by atoms with E-state index < -0.39 is 0 Å². The van der Waals surface area contributed by atoms with Gasteiger partial charge >= 0.3 is 0 Å². The van der Waals surface area contributed by atoms with Gasteiger partial charge in [-0.25, -0.2) is 0 Å². The molecule has 1 atom stereocenters. The van der Waals surface area contributed by atoms with Crippen molar-refractivity contribution in [3.05, 3.63) is 10.4 Å². The quantitative estimate of drug-likeness (QED) is 0.294. The summed E-state index contributed by atoms with van der Waals surface area (Å²) in [5.41, 5.74) is 8.19. The zero-order valence-electron chi connectivity index (χ0n) is 10.4. The summed E-state index contributed by atoms with van der Waals surface area (Å²) >= 11 is 0. The van der Waals surface area contributed by atoms with Crippen molar-refractivity contribution in [2.45, 2.75) is 45.4 Å². The second kappa shape index (κ2) is 8.43. The average molecular weight is 224 g/mol. The highest BCUT2D eigenvalue weighted by atomic mass is 15.1. The molecular weight excluding hydrogens is 200 g/mol. The molecule has 1 aliphatic rings. The van der Waals surface area contributed by atoms with Gasteiger partial charge < -0.3 is 4.90 Å². The first-order valence-electron chi connectivity index (χ1n) is 6.60. The predicted octanol–water partition coefficient (Wildman–Crippen LogP) is 3.59. The van der Waals surface area contributed by atoms with Crippen LogP contribution in [0.3, 0.4) is 0 Å². The van der Waals surface area contributed by atoms with Gasteiger partial charge in [0.15, 0.2) is 0 Å². The monoisotopic (exact) mass is 224 g/mol. The number of hydrogen-bond acceptors (Lipinski definition) is 2. The van der Waals surface area contributed by atoms with Gasteiger partial charge in [0.05, 0.1) is 0 Å². The van der Waals surface area contributed by atoms with E-state index in [1.165, 1.54) is 45.2 Å². The second-order valence-corrected chi connectivity index (χ2v) is 4.74. The van der Waals surface area contributed by atoms with Gasteiger partial charge in [0.25, 0.3) is 0 Å². The lowest BCUT2D eigenvalue weighted by molar-refractivity contribution is 0.277. The molecule has 92 valence electrons. The molecule has 16 heavy (non-hydrogen) atoms. The molecule has 0 bridgehead atoms. The van der Waals surface area contributed by atoms with Gasteiger partial charge in [0.2, 0.25) is 0 Å². The third-order valence-corrected chi connectivity index (χ3v) is 3.43. The van der Waals surface area contributed by atoms with Gasteiger partial charge in [-0.2, -0.15) is 0 Å². The van der Waals surface area contributed by atoms with Gasteiger partial charge in [-0.15, -0.1) is 0 Å². The topological polar surface area (TPSA) is 52.0 Å². The minimum Gasteiger partial charge on any atom is -0.303 e. The predicted molar refractivity (Wildman–Crippen MR) is 67.3 cm³/mol. The fourth-order valence-corrected chi connectivity index (χ4v) is 2.56. The number of likely N-dealkylation sites (tertiary alicyclic amines) is 1. The highest BCUT2D eigenvalue weighted by Gasteiger charge is 2.15. The number of nitrogens with zero attached hydrogens (tertiary/aromatic N) is 4. The van der Waals surface area contributed by atoms with Crippen molar-refractivity contribution in [3.63, 3.8) is 0 Å². The van der Waals surface area contributed by atoms with Gasteiger partial charge in [0, 0.05) is 11.5 Å². The van der Waals surface area contributed by atoms with E-state index in [1.54, 1.807) is 0 Å². The van der Waals surface area contributed by atoms with Crippen molar-refractivity contribution in [1.82, 2.24) is 4.90 Å². The van der Waals surface area contributed by atoms with E-state index in [0.29, 0.717) is 6.54 Å². The first-order valence-corrected chi connectivity index (χ1v) is 6.60. The van der Waals surface area contributed by atoms with Crippen LogP contribution >= 0.6 is 0 Å². The van der Waals surface area contributed by atoms with Gasteiger partial charge in [-0.05, 0) is 56.8 Å². The Balaban J connectivity index is 2.16. The van der Waals surface area contributed by atoms with Crippen LogP contribution in [0.5, 0.6) is 0 Å². The third kappa shape index (κ3) is 5.38. The Morgan fingerprint density at radius 3 is 3.00 bits per heavy atom. The van der Waals surface area contributed by atoms with E-state index in [4.69, 9.17) is 5.53 Å². The molecular formula is C12H24N4. The van der Waals surface area contributed by atoms with E-state index in [2.05, 4.69) is 21.8 Å². The molecule has 1 unspecified atom stereocenters. The molecule has 1 aliphatic heterocycles. The summed E-state index contributed by atoms with van der Waals surface area (Å²) in [6, 6.07) is 0. The molecule has 1 rings (SSSR count). The first-order chi connectivity index (χ1) is 7.86. The Kier molecular flexibility index (Phi) is 7.02. The SMILES string of the molecule is CCCC1CCCN(CCCN=[N+]=[N-])CC1. The molecule has 1 heterocycles. The standard InChI is InChI=1S/C12H24N4/c1-2-5-12-6-3-9-16(11-7-12)10-4-8-14-15-13/h12H,2-11H2,1H3. The van der Waals surface area contributed by atoms with Crippen molar-refractivity contribution in [2.24, 2.45) is 11.0 Å². The van der Waals surface area contributed by atoms with Crippen LogP contribution in [0, 0.1) is 5.92 Å². The van der Waals surface area contributed by atoms with Crippen LogP contribution in [0.1, 0.15) is 45.4 Å². The second-order valence-electron chi connectivity index (χ2n) is 4.74. The Morgan fingerprint density at radius 1 is 1.38 bits per heavy atom. The molecule has 0 aromatic carbocycles. The average Bonchev–Trinajstić information content (AvgIpc) is 2.51. The molecule has 0 aliphatic carbocycles. The van der Waals surface area contributed by atoms with Gasteiger partial charge in [-0.1, -0.05) is 24.9 Å². The van der Waals surface area contributed by atoms with E-state index in [0.717, 1.165) is 18.9 Å². The normalized spacial score (nSPS) is 22.4. The lowest BCUT2D eigenvalue weighted by Gasteiger charge is -2.19. The molecule has 1 fully saturated rings. The van der Waals surface area contributed by atoms with Crippen LogP contribution in [-0.4, -0.2) is 31.1 Å². The minimum atomic E-state index is 0.644. The molecule has 0 N–H and O–H groups in total. The largest absolute Gasteiger partial charge is 0.303 e. The maximum absolute atomic E-state index is 8.19. The fraction of sp³-hybridized carbons (Fsp3) is 1.00. The third-order valence-electron chi connectivity index (χ3n) is 3.43. The fourth-order valence-electron chi connectivity index (χ4n) is 2.56. The Hall–Kier alpha value is -0.730. The van der Waals surface area contributed by atoms with E-state index in [1.807, 2.05) is 0 Å². The summed E-state index contributed by atoms with van der Waals surface area (Å²) in [5, 5.41) is 3.58. The summed E-state index contributed by atoms with van der Waals surface area (Å²) in [5.74, 6) is 0.951. The van der Waals surface area contributed by atoms with Crippen LogP contribution in [0.2, 0.25) is 0 Å². The molecule has 4 nitrogen and oxygen atoms in total. The maximum atomic E-state index is 8.19. The lowest BCUT2D eigenvalue weighted by atomic mass is 9.96. The molecule has 0 radical (unpaired) electrons. The maximum Gasteiger partial charge on any atom is 0.0270 e. The summed E-state index contributed by atoms with van der Waals surface area (Å²) in [7, 11) is 0. The highest BCUT2D eigenvalue weighted by Crippen LogP contribution is 2.21. The zero-order chi connectivity index (χ0) is 11.6. The summed E-state index contributed by atoms with van der Waals surface area (Å²) in [6.45, 7) is 6.49. The van der Waals surface area contributed by atoms with Crippen LogP contribution in [0.4, 0.5) is 0 Å². The van der Waals surface area contributed by atoms with E-state index in [9.17, 15) is 0 Å². The highest BCUT2D eigenvalue weighted by molar-refractivity contribution is 4.70. The molecule has 1 saturated heterocycles. The van der Waals surface area contributed by atoms with Crippen LogP contribution in [0.25, 0.3) is 10.4 Å². The molecule has 0 aromatic rings. The Labute approximate surface area is 98.6 Å². The van der Waals surface area contributed by atoms with Crippen LogP contribution in [-0.2, 0) is 0 Å². The minimum absolute atomic E-state index is 0.644. The van der Waals surface area contributed by atoms with E-state index in [-0.39, 0.29) is 0 Å². The van der Waals surface area contributed by atoms with Crippen molar-refractivity contribution in [2.75, 3.05) is 26.2 Å². The summed E-state index contributed by atoms with van der Waals surface area (Å²) < 4.78 is 0. The molecule has 0 aromatic heterocycles. The number of hydrogen-bond donors (Lipinski definition) is 0.